The second-order valence-corrected chi connectivity index (χ2v) is 13.3. The second-order valence-electron chi connectivity index (χ2n) is 13.3. The molecular formula is C48H29N3. The number of nitrogens with zero attached hydrogens (tertiary/aromatic N) is 3. The van der Waals surface area contributed by atoms with E-state index in [1.165, 1.54) is 65.6 Å². The topological polar surface area (TPSA) is 29.0 Å². The minimum atomic E-state index is 0.873. The van der Waals surface area contributed by atoms with Crippen LogP contribution in [0, 0.1) is 0 Å². The molecule has 0 saturated carbocycles. The largest absolute Gasteiger partial charge is 0.309 e. The SMILES string of the molecule is c1ccc2c3c(ccc2c1)N(c1ccc(-c2nc4ccccc4nc2-c2cc4ccccc4c4ccccc24)cc1)c1cccc2cccc-3c12. The molecular weight excluding hydrogens is 619 g/mol. The van der Waals surface area contributed by atoms with Gasteiger partial charge < -0.3 is 4.90 Å². The van der Waals surface area contributed by atoms with Gasteiger partial charge in [-0.15, -0.1) is 0 Å². The van der Waals surface area contributed by atoms with E-state index in [0.29, 0.717) is 0 Å². The fourth-order valence-electron chi connectivity index (χ4n) is 8.26. The zero-order valence-electron chi connectivity index (χ0n) is 27.6. The van der Waals surface area contributed by atoms with Gasteiger partial charge in [-0.1, -0.05) is 133 Å². The highest BCUT2D eigenvalue weighted by atomic mass is 15.2. The molecule has 0 unspecified atom stereocenters. The zero-order chi connectivity index (χ0) is 33.5. The van der Waals surface area contributed by atoms with Gasteiger partial charge in [-0.2, -0.15) is 0 Å². The first-order valence-corrected chi connectivity index (χ1v) is 17.4. The smallest absolute Gasteiger partial charge is 0.0979 e. The zero-order valence-corrected chi connectivity index (χ0v) is 27.6. The molecule has 0 radical (unpaired) electrons. The number of aromatic nitrogens is 2. The Morgan fingerprint density at radius 2 is 1.00 bits per heavy atom. The first-order valence-electron chi connectivity index (χ1n) is 17.4. The summed E-state index contributed by atoms with van der Waals surface area (Å²) < 4.78 is 0. The number of hydrogen-bond acceptors (Lipinski definition) is 3. The van der Waals surface area contributed by atoms with E-state index in [2.05, 4.69) is 169 Å². The Balaban J connectivity index is 1.13. The Labute approximate surface area is 294 Å². The lowest BCUT2D eigenvalue weighted by atomic mass is 9.87. The number of para-hydroxylation sites is 2. The number of anilines is 3. The third-order valence-electron chi connectivity index (χ3n) is 10.5. The van der Waals surface area contributed by atoms with Crippen LogP contribution in [0.5, 0.6) is 0 Å². The van der Waals surface area contributed by atoms with Crippen molar-refractivity contribution in [2.45, 2.75) is 0 Å². The van der Waals surface area contributed by atoms with Crippen molar-refractivity contribution >= 4 is 71.2 Å². The van der Waals surface area contributed by atoms with Crippen LogP contribution in [0.3, 0.4) is 0 Å². The summed E-state index contributed by atoms with van der Waals surface area (Å²) in [6.45, 7) is 0. The second kappa shape index (κ2) is 10.8. The van der Waals surface area contributed by atoms with Crippen molar-refractivity contribution in [3.8, 4) is 33.6 Å². The van der Waals surface area contributed by atoms with Crippen LogP contribution < -0.4 is 4.90 Å². The van der Waals surface area contributed by atoms with E-state index in [-0.39, 0.29) is 0 Å². The van der Waals surface area contributed by atoms with Gasteiger partial charge in [0, 0.05) is 27.8 Å². The molecule has 2 heterocycles. The molecule has 0 saturated heterocycles. The Morgan fingerprint density at radius 3 is 1.80 bits per heavy atom. The normalized spacial score (nSPS) is 12.3. The van der Waals surface area contributed by atoms with Crippen molar-refractivity contribution in [3.63, 3.8) is 0 Å². The molecule has 9 aromatic carbocycles. The molecule has 236 valence electrons. The summed E-state index contributed by atoms with van der Waals surface area (Å²) in [7, 11) is 0. The molecule has 10 aromatic rings. The number of hydrogen-bond donors (Lipinski definition) is 0. The van der Waals surface area contributed by atoms with Crippen LogP contribution >= 0.6 is 0 Å². The van der Waals surface area contributed by atoms with Gasteiger partial charge >= 0.3 is 0 Å². The average Bonchev–Trinajstić information content (AvgIpc) is 3.20. The molecule has 0 bridgehead atoms. The molecule has 3 nitrogen and oxygen atoms in total. The van der Waals surface area contributed by atoms with Gasteiger partial charge in [-0.3, -0.25) is 0 Å². The van der Waals surface area contributed by atoms with Crippen molar-refractivity contribution in [2.75, 3.05) is 4.90 Å². The van der Waals surface area contributed by atoms with Gasteiger partial charge in [0.25, 0.3) is 0 Å². The number of fused-ring (bicyclic) bond motifs is 8. The van der Waals surface area contributed by atoms with Crippen molar-refractivity contribution in [2.24, 2.45) is 0 Å². The van der Waals surface area contributed by atoms with E-state index in [0.717, 1.165) is 39.2 Å². The summed E-state index contributed by atoms with van der Waals surface area (Å²) in [4.78, 5) is 13.1. The molecule has 1 aliphatic rings. The molecule has 1 aliphatic heterocycles. The molecule has 11 rings (SSSR count). The highest BCUT2D eigenvalue weighted by Gasteiger charge is 2.27. The Kier molecular flexibility index (Phi) is 5.96. The molecule has 3 heteroatoms. The van der Waals surface area contributed by atoms with Gasteiger partial charge in [-0.05, 0) is 85.7 Å². The molecule has 0 spiro atoms. The van der Waals surface area contributed by atoms with Crippen LogP contribution in [0.1, 0.15) is 0 Å². The van der Waals surface area contributed by atoms with Crippen molar-refractivity contribution in [1.29, 1.82) is 0 Å². The first-order chi connectivity index (χ1) is 25.3. The van der Waals surface area contributed by atoms with Crippen LogP contribution in [0.2, 0.25) is 0 Å². The molecule has 0 amide bonds. The van der Waals surface area contributed by atoms with Gasteiger partial charge in [-0.25, -0.2) is 9.97 Å². The fourth-order valence-corrected chi connectivity index (χ4v) is 8.26. The molecule has 0 N–H and O–H groups in total. The maximum absolute atomic E-state index is 5.33. The quantitative estimate of drug-likeness (QED) is 0.179. The summed E-state index contributed by atoms with van der Waals surface area (Å²) in [5.41, 5.74) is 11.7. The predicted molar refractivity (Wildman–Crippen MR) is 214 cm³/mol. The Morgan fingerprint density at radius 1 is 0.373 bits per heavy atom. The summed E-state index contributed by atoms with van der Waals surface area (Å²) >= 11 is 0. The van der Waals surface area contributed by atoms with Gasteiger partial charge in [0.05, 0.1) is 33.8 Å². The van der Waals surface area contributed by atoms with E-state index in [1.54, 1.807) is 0 Å². The lowest BCUT2D eigenvalue weighted by Gasteiger charge is -2.34. The van der Waals surface area contributed by atoms with Crippen LogP contribution in [0.25, 0.3) is 87.8 Å². The van der Waals surface area contributed by atoms with E-state index < -0.39 is 0 Å². The van der Waals surface area contributed by atoms with Crippen molar-refractivity contribution in [1.82, 2.24) is 9.97 Å². The van der Waals surface area contributed by atoms with Gasteiger partial charge in [0.2, 0.25) is 0 Å². The first kappa shape index (κ1) is 28.0. The average molecular weight is 648 g/mol. The van der Waals surface area contributed by atoms with Crippen LogP contribution in [0.15, 0.2) is 176 Å². The predicted octanol–water partition coefficient (Wildman–Crippen LogP) is 13.0. The fraction of sp³-hybridized carbons (Fsp3) is 0. The summed E-state index contributed by atoms with van der Waals surface area (Å²) in [6, 6.07) is 63.1. The highest BCUT2D eigenvalue weighted by molar-refractivity contribution is 6.19. The Bertz CT molecular complexity index is 3030. The van der Waals surface area contributed by atoms with E-state index in [9.17, 15) is 0 Å². The molecule has 0 fully saturated rings. The maximum Gasteiger partial charge on any atom is 0.0979 e. The van der Waals surface area contributed by atoms with Crippen LogP contribution in [-0.2, 0) is 0 Å². The van der Waals surface area contributed by atoms with E-state index >= 15 is 0 Å². The van der Waals surface area contributed by atoms with Crippen LogP contribution in [-0.4, -0.2) is 9.97 Å². The van der Waals surface area contributed by atoms with Gasteiger partial charge in [0.1, 0.15) is 0 Å². The van der Waals surface area contributed by atoms with Crippen LogP contribution in [0.4, 0.5) is 17.1 Å². The van der Waals surface area contributed by atoms with Crippen molar-refractivity contribution < 1.29 is 0 Å². The van der Waals surface area contributed by atoms with E-state index in [1.807, 2.05) is 12.1 Å². The highest BCUT2D eigenvalue weighted by Crippen LogP contribution is 2.53. The molecule has 0 atom stereocenters. The minimum absolute atomic E-state index is 0.873. The minimum Gasteiger partial charge on any atom is -0.309 e. The summed E-state index contributed by atoms with van der Waals surface area (Å²) in [6.07, 6.45) is 0. The molecule has 0 aliphatic carbocycles. The van der Waals surface area contributed by atoms with Crippen molar-refractivity contribution in [3.05, 3.63) is 176 Å². The standard InChI is InChI=1S/C48H29N3/c1-4-16-36-30(11-1)25-28-44-46(36)39-19-9-13-31-14-10-22-43(45(31)39)51(44)34-26-23-32(24-27-34)47-48(50-42-21-8-7-20-41(42)49-47)40-29-33-12-2-3-15-35(33)37-17-5-6-18-38(37)40/h1-29H. The molecule has 51 heavy (non-hydrogen) atoms. The van der Waals surface area contributed by atoms with E-state index in [4.69, 9.17) is 9.97 Å². The lowest BCUT2D eigenvalue weighted by molar-refractivity contribution is 1.28. The summed E-state index contributed by atoms with van der Waals surface area (Å²) in [5, 5.41) is 9.83. The molecule has 1 aromatic heterocycles. The third kappa shape index (κ3) is 4.19. The maximum atomic E-state index is 5.33. The monoisotopic (exact) mass is 647 g/mol. The van der Waals surface area contributed by atoms with Gasteiger partial charge in [0.15, 0.2) is 0 Å². The Hall–Kier alpha value is -6.84. The number of benzene rings is 9. The summed E-state index contributed by atoms with van der Waals surface area (Å²) in [5.74, 6) is 0. The number of rotatable bonds is 3. The third-order valence-corrected chi connectivity index (χ3v) is 10.5. The lowest BCUT2D eigenvalue weighted by Crippen LogP contribution is -2.15.